The van der Waals surface area contributed by atoms with E-state index in [0.717, 1.165) is 23.0 Å². The Kier molecular flexibility index (Phi) is 7.09. The normalized spacial score (nSPS) is 10.7. The third-order valence-corrected chi connectivity index (χ3v) is 4.30. The molecule has 0 spiro atoms. The Labute approximate surface area is 140 Å². The SMILES string of the molecule is COCCCNC(=O)CCSc1nnc(-c2ccccc2)n1C. The summed E-state index contributed by atoms with van der Waals surface area (Å²) in [5.41, 5.74) is 1.03. The average Bonchev–Trinajstić information content (AvgIpc) is 2.93. The first kappa shape index (κ1) is 17.5. The standard InChI is InChI=1S/C16H22N4O2S/c1-20-15(13-7-4-3-5-8-13)18-19-16(20)23-12-9-14(21)17-10-6-11-22-2/h3-5,7-8H,6,9-12H2,1-2H3,(H,17,21). The number of thioether (sulfide) groups is 1. The zero-order valence-electron chi connectivity index (χ0n) is 13.5. The third-order valence-electron chi connectivity index (χ3n) is 3.27. The van der Waals surface area contributed by atoms with E-state index >= 15 is 0 Å². The molecule has 2 aromatic rings. The van der Waals surface area contributed by atoms with Crippen LogP contribution in [0, 0.1) is 0 Å². The summed E-state index contributed by atoms with van der Waals surface area (Å²) in [4.78, 5) is 11.7. The first-order valence-electron chi connectivity index (χ1n) is 7.55. The van der Waals surface area contributed by atoms with Crippen molar-refractivity contribution in [2.24, 2.45) is 7.05 Å². The summed E-state index contributed by atoms with van der Waals surface area (Å²) < 4.78 is 6.90. The number of nitrogens with one attached hydrogen (secondary N) is 1. The van der Waals surface area contributed by atoms with Crippen LogP contribution in [0.25, 0.3) is 11.4 Å². The second-order valence-electron chi connectivity index (χ2n) is 5.03. The summed E-state index contributed by atoms with van der Waals surface area (Å²) in [6.07, 6.45) is 1.30. The predicted octanol–water partition coefficient (Wildman–Crippen LogP) is 2.12. The van der Waals surface area contributed by atoms with Crippen molar-refractivity contribution < 1.29 is 9.53 Å². The molecule has 0 bridgehead atoms. The summed E-state index contributed by atoms with van der Waals surface area (Å²) in [6.45, 7) is 1.32. The van der Waals surface area contributed by atoms with E-state index in [-0.39, 0.29) is 5.91 Å². The van der Waals surface area contributed by atoms with E-state index in [1.54, 1.807) is 7.11 Å². The zero-order valence-corrected chi connectivity index (χ0v) is 14.3. The maximum absolute atomic E-state index is 11.7. The molecule has 0 aliphatic heterocycles. The van der Waals surface area contributed by atoms with E-state index in [4.69, 9.17) is 4.74 Å². The second kappa shape index (κ2) is 9.32. The fourth-order valence-corrected chi connectivity index (χ4v) is 2.90. The van der Waals surface area contributed by atoms with E-state index in [1.165, 1.54) is 11.8 Å². The number of hydrogen-bond acceptors (Lipinski definition) is 5. The van der Waals surface area contributed by atoms with Crippen molar-refractivity contribution in [1.29, 1.82) is 0 Å². The summed E-state index contributed by atoms with van der Waals surface area (Å²) >= 11 is 1.54. The van der Waals surface area contributed by atoms with E-state index in [0.29, 0.717) is 25.3 Å². The molecule has 1 N–H and O–H groups in total. The van der Waals surface area contributed by atoms with Crippen LogP contribution in [0.4, 0.5) is 0 Å². The van der Waals surface area contributed by atoms with Gasteiger partial charge in [0.2, 0.25) is 5.91 Å². The molecule has 1 aromatic heterocycles. The van der Waals surface area contributed by atoms with Gasteiger partial charge in [0.05, 0.1) is 0 Å². The summed E-state index contributed by atoms with van der Waals surface area (Å²) in [5.74, 6) is 1.56. The van der Waals surface area contributed by atoms with Crippen molar-refractivity contribution >= 4 is 17.7 Å². The number of amides is 1. The lowest BCUT2D eigenvalue weighted by Gasteiger charge is -2.05. The molecule has 0 fully saturated rings. The Morgan fingerprint density at radius 2 is 2.09 bits per heavy atom. The number of rotatable bonds is 9. The Bertz CT molecular complexity index is 616. The highest BCUT2D eigenvalue weighted by Gasteiger charge is 2.11. The van der Waals surface area contributed by atoms with Crippen LogP contribution in [0.2, 0.25) is 0 Å². The topological polar surface area (TPSA) is 69.0 Å². The predicted molar refractivity (Wildman–Crippen MR) is 91.3 cm³/mol. The number of ether oxygens (including phenoxy) is 1. The van der Waals surface area contributed by atoms with Crippen LogP contribution in [0.15, 0.2) is 35.5 Å². The third kappa shape index (κ3) is 5.37. The highest BCUT2D eigenvalue weighted by molar-refractivity contribution is 7.99. The highest BCUT2D eigenvalue weighted by atomic mass is 32.2. The van der Waals surface area contributed by atoms with Gasteiger partial charge < -0.3 is 14.6 Å². The van der Waals surface area contributed by atoms with Gasteiger partial charge in [0.15, 0.2) is 11.0 Å². The molecule has 0 radical (unpaired) electrons. The van der Waals surface area contributed by atoms with Gasteiger partial charge in [-0.25, -0.2) is 0 Å². The van der Waals surface area contributed by atoms with E-state index < -0.39 is 0 Å². The van der Waals surface area contributed by atoms with Gasteiger partial charge in [-0.1, -0.05) is 42.1 Å². The maximum Gasteiger partial charge on any atom is 0.220 e. The van der Waals surface area contributed by atoms with E-state index in [2.05, 4.69) is 15.5 Å². The molecule has 124 valence electrons. The van der Waals surface area contributed by atoms with Crippen molar-refractivity contribution in [2.75, 3.05) is 26.0 Å². The van der Waals surface area contributed by atoms with Crippen LogP contribution in [-0.2, 0) is 16.6 Å². The van der Waals surface area contributed by atoms with Gasteiger partial charge in [-0.05, 0) is 6.42 Å². The minimum absolute atomic E-state index is 0.0547. The first-order chi connectivity index (χ1) is 11.2. The van der Waals surface area contributed by atoms with Crippen LogP contribution in [0.1, 0.15) is 12.8 Å². The van der Waals surface area contributed by atoms with Crippen molar-refractivity contribution in [3.63, 3.8) is 0 Å². The summed E-state index contributed by atoms with van der Waals surface area (Å²) in [6, 6.07) is 9.94. The van der Waals surface area contributed by atoms with Crippen molar-refractivity contribution in [3.05, 3.63) is 30.3 Å². The quantitative estimate of drug-likeness (QED) is 0.562. The molecule has 0 aliphatic rings. The molecule has 0 aliphatic carbocycles. The fourth-order valence-electron chi connectivity index (χ4n) is 2.05. The lowest BCUT2D eigenvalue weighted by atomic mass is 10.2. The van der Waals surface area contributed by atoms with Gasteiger partial charge in [0.1, 0.15) is 0 Å². The molecule has 1 heterocycles. The number of aromatic nitrogens is 3. The molecule has 2 rings (SSSR count). The van der Waals surface area contributed by atoms with Crippen LogP contribution in [0.5, 0.6) is 0 Å². The minimum Gasteiger partial charge on any atom is -0.385 e. The largest absolute Gasteiger partial charge is 0.385 e. The molecule has 0 unspecified atom stereocenters. The molecule has 6 nitrogen and oxygen atoms in total. The van der Waals surface area contributed by atoms with E-state index in [9.17, 15) is 4.79 Å². The smallest absolute Gasteiger partial charge is 0.220 e. The Morgan fingerprint density at radius 3 is 2.83 bits per heavy atom. The monoisotopic (exact) mass is 334 g/mol. The number of methoxy groups -OCH3 is 1. The lowest BCUT2D eigenvalue weighted by Crippen LogP contribution is -2.25. The average molecular weight is 334 g/mol. The van der Waals surface area contributed by atoms with Crippen molar-refractivity contribution in [1.82, 2.24) is 20.1 Å². The number of hydrogen-bond donors (Lipinski definition) is 1. The van der Waals surface area contributed by atoms with Gasteiger partial charge in [-0.2, -0.15) is 0 Å². The molecule has 7 heteroatoms. The van der Waals surface area contributed by atoms with Crippen LogP contribution >= 0.6 is 11.8 Å². The molecule has 1 aromatic carbocycles. The zero-order chi connectivity index (χ0) is 16.5. The summed E-state index contributed by atoms with van der Waals surface area (Å²) in [5, 5.41) is 12.1. The van der Waals surface area contributed by atoms with Gasteiger partial charge in [0.25, 0.3) is 0 Å². The van der Waals surface area contributed by atoms with Crippen molar-refractivity contribution in [3.8, 4) is 11.4 Å². The van der Waals surface area contributed by atoms with Gasteiger partial charge >= 0.3 is 0 Å². The van der Waals surface area contributed by atoms with Crippen LogP contribution < -0.4 is 5.32 Å². The van der Waals surface area contributed by atoms with Gasteiger partial charge in [-0.3, -0.25) is 4.79 Å². The Balaban J connectivity index is 1.79. The molecular formula is C16H22N4O2S. The van der Waals surface area contributed by atoms with E-state index in [1.807, 2.05) is 41.9 Å². The molecule has 0 saturated carbocycles. The molecule has 0 saturated heterocycles. The Hall–Kier alpha value is -1.86. The molecule has 23 heavy (non-hydrogen) atoms. The molecular weight excluding hydrogens is 312 g/mol. The van der Waals surface area contributed by atoms with Crippen LogP contribution in [0.3, 0.4) is 0 Å². The minimum atomic E-state index is 0.0547. The van der Waals surface area contributed by atoms with Crippen LogP contribution in [-0.4, -0.2) is 46.7 Å². The van der Waals surface area contributed by atoms with Gasteiger partial charge in [-0.15, -0.1) is 10.2 Å². The second-order valence-corrected chi connectivity index (χ2v) is 6.09. The van der Waals surface area contributed by atoms with Gasteiger partial charge in [0, 0.05) is 45.0 Å². The first-order valence-corrected chi connectivity index (χ1v) is 8.54. The molecule has 1 amide bonds. The summed E-state index contributed by atoms with van der Waals surface area (Å²) in [7, 11) is 3.60. The fraction of sp³-hybridized carbons (Fsp3) is 0.438. The number of carbonyl (C=O) groups is 1. The number of carbonyl (C=O) groups excluding carboxylic acids is 1. The maximum atomic E-state index is 11.7. The Morgan fingerprint density at radius 1 is 1.30 bits per heavy atom. The highest BCUT2D eigenvalue weighted by Crippen LogP contribution is 2.22. The molecule has 0 atom stereocenters. The lowest BCUT2D eigenvalue weighted by molar-refractivity contribution is -0.120. The van der Waals surface area contributed by atoms with Crippen molar-refractivity contribution in [2.45, 2.75) is 18.0 Å². The number of nitrogens with zero attached hydrogens (tertiary/aromatic N) is 3. The number of benzene rings is 1.